The molecule has 7 heteroatoms. The fourth-order valence-electron chi connectivity index (χ4n) is 2.98. The number of rotatable bonds is 3. The van der Waals surface area contributed by atoms with E-state index in [9.17, 15) is 19.5 Å². The first-order valence-corrected chi connectivity index (χ1v) is 8.75. The van der Waals surface area contributed by atoms with E-state index in [4.69, 9.17) is 9.15 Å². The number of ether oxygens (including phenoxy) is 1. The van der Waals surface area contributed by atoms with Crippen LogP contribution in [0.25, 0.3) is 22.1 Å². The number of carboxylic acids is 1. The van der Waals surface area contributed by atoms with Crippen LogP contribution < -0.4 is 10.5 Å². The highest BCUT2D eigenvalue weighted by atomic mass is 16.5. The number of hydrogen-bond acceptors (Lipinski definition) is 7. The third-order valence-electron chi connectivity index (χ3n) is 4.73. The number of benzene rings is 1. The molecule has 1 aromatic carbocycles. The van der Waals surface area contributed by atoms with Gasteiger partial charge < -0.3 is 19.1 Å². The summed E-state index contributed by atoms with van der Waals surface area (Å²) in [7, 11) is 1.17. The van der Waals surface area contributed by atoms with Gasteiger partial charge in [-0.05, 0) is 29.2 Å². The Morgan fingerprint density at radius 2 is 1.86 bits per heavy atom. The van der Waals surface area contributed by atoms with Gasteiger partial charge in [0.15, 0.2) is 0 Å². The monoisotopic (exact) mass is 382 g/mol. The van der Waals surface area contributed by atoms with Crippen LogP contribution in [0.15, 0.2) is 33.5 Å². The van der Waals surface area contributed by atoms with Crippen molar-refractivity contribution in [3.8, 4) is 0 Å². The van der Waals surface area contributed by atoms with Crippen LogP contribution in [0.1, 0.15) is 55.2 Å². The van der Waals surface area contributed by atoms with E-state index < -0.39 is 17.9 Å². The van der Waals surface area contributed by atoms with Crippen molar-refractivity contribution in [1.82, 2.24) is 4.98 Å². The lowest BCUT2D eigenvalue weighted by Crippen LogP contribution is -2.30. The quantitative estimate of drug-likeness (QED) is 0.505. The highest BCUT2D eigenvalue weighted by Gasteiger charge is 2.23. The van der Waals surface area contributed by atoms with Gasteiger partial charge in [0.25, 0.3) is 0 Å². The summed E-state index contributed by atoms with van der Waals surface area (Å²) in [5, 5.41) is 11.8. The average Bonchev–Trinajstić information content (AvgIpc) is 2.65. The number of pyridine rings is 1. The average molecular weight is 382 g/mol. The van der Waals surface area contributed by atoms with E-state index in [1.807, 2.05) is 26.8 Å². The number of hydrogen-bond donors (Lipinski definition) is 0. The van der Waals surface area contributed by atoms with E-state index in [0.29, 0.717) is 11.0 Å². The molecule has 1 atom stereocenters. The largest absolute Gasteiger partial charge is 0.549 e. The lowest BCUT2D eigenvalue weighted by atomic mass is 9.86. The number of carbonyl (C=O) groups excluding carboxylic acids is 2. The first-order chi connectivity index (χ1) is 13.0. The van der Waals surface area contributed by atoms with Crippen LogP contribution in [0.5, 0.6) is 0 Å². The summed E-state index contributed by atoms with van der Waals surface area (Å²) in [5.41, 5.74) is 0.535. The van der Waals surface area contributed by atoms with Gasteiger partial charge in [-0.15, -0.1) is 0 Å². The van der Waals surface area contributed by atoms with Crippen molar-refractivity contribution in [2.45, 2.75) is 39.0 Å². The van der Waals surface area contributed by atoms with Crippen LogP contribution in [-0.4, -0.2) is 24.0 Å². The van der Waals surface area contributed by atoms with Crippen molar-refractivity contribution in [1.29, 1.82) is 0 Å². The molecule has 0 aliphatic heterocycles. The van der Waals surface area contributed by atoms with E-state index in [1.54, 1.807) is 12.1 Å². The highest BCUT2D eigenvalue weighted by molar-refractivity contribution is 5.97. The highest BCUT2D eigenvalue weighted by Crippen LogP contribution is 2.28. The molecular formula is C21H20NO6-. The standard InChI is InChI=1S/C21H21NO6/c1-10(19(24)25)16-13(20(26)27-5)9-14-17(23)12-8-11(21(2,3)4)6-7-15(12)28-18(14)22-16/h6-10H,1-5H3,(H,24,25)/p-1. The van der Waals surface area contributed by atoms with Crippen LogP contribution in [0, 0.1) is 0 Å². The minimum atomic E-state index is -1.41. The minimum Gasteiger partial charge on any atom is -0.549 e. The Morgan fingerprint density at radius 3 is 2.43 bits per heavy atom. The summed E-state index contributed by atoms with van der Waals surface area (Å²) in [6.07, 6.45) is 0. The molecule has 146 valence electrons. The van der Waals surface area contributed by atoms with E-state index in [1.165, 1.54) is 20.1 Å². The van der Waals surface area contributed by atoms with Gasteiger partial charge in [0.05, 0.1) is 35.1 Å². The Hall–Kier alpha value is -3.22. The third-order valence-corrected chi connectivity index (χ3v) is 4.73. The van der Waals surface area contributed by atoms with Gasteiger partial charge in [-0.2, -0.15) is 0 Å². The molecule has 2 heterocycles. The van der Waals surface area contributed by atoms with Gasteiger partial charge in [-0.1, -0.05) is 33.8 Å². The van der Waals surface area contributed by atoms with Crippen molar-refractivity contribution in [2.75, 3.05) is 7.11 Å². The lowest BCUT2D eigenvalue weighted by molar-refractivity contribution is -0.307. The number of aromatic nitrogens is 1. The number of esters is 1. The van der Waals surface area contributed by atoms with Gasteiger partial charge in [0, 0.05) is 5.92 Å². The van der Waals surface area contributed by atoms with E-state index in [0.717, 1.165) is 5.56 Å². The van der Waals surface area contributed by atoms with Crippen LogP contribution in [0.4, 0.5) is 0 Å². The van der Waals surface area contributed by atoms with Crippen molar-refractivity contribution in [3.63, 3.8) is 0 Å². The summed E-state index contributed by atoms with van der Waals surface area (Å²) in [5.74, 6) is -3.39. The molecule has 0 radical (unpaired) electrons. The van der Waals surface area contributed by atoms with Crippen LogP contribution in [0.3, 0.4) is 0 Å². The molecule has 2 aromatic heterocycles. The topological polar surface area (TPSA) is 110 Å². The number of fused-ring (bicyclic) bond motifs is 2. The molecule has 0 saturated heterocycles. The van der Waals surface area contributed by atoms with Crippen molar-refractivity contribution >= 4 is 34.0 Å². The normalized spacial score (nSPS) is 12.9. The summed E-state index contributed by atoms with van der Waals surface area (Å²) in [4.78, 5) is 40.7. The smallest absolute Gasteiger partial charge is 0.339 e. The first kappa shape index (κ1) is 19.5. The van der Waals surface area contributed by atoms with E-state index in [2.05, 4.69) is 4.98 Å². The van der Waals surface area contributed by atoms with Gasteiger partial charge in [0.1, 0.15) is 5.58 Å². The number of carboxylic acid groups (broad SMARTS) is 1. The molecule has 0 amide bonds. The van der Waals surface area contributed by atoms with E-state index in [-0.39, 0.29) is 33.2 Å². The number of aliphatic carboxylic acids is 1. The van der Waals surface area contributed by atoms with Crippen LogP contribution >= 0.6 is 0 Å². The SMILES string of the molecule is COC(=O)c1cc2c(=O)c3cc(C(C)(C)C)ccc3oc2nc1C(C)C(=O)[O-]. The number of methoxy groups -OCH3 is 1. The second-order valence-corrected chi connectivity index (χ2v) is 7.70. The summed E-state index contributed by atoms with van der Waals surface area (Å²) in [6.45, 7) is 7.43. The van der Waals surface area contributed by atoms with Crippen molar-refractivity contribution in [3.05, 3.63) is 51.3 Å². The summed E-state index contributed by atoms with van der Waals surface area (Å²) >= 11 is 0. The predicted molar refractivity (Wildman–Crippen MR) is 101 cm³/mol. The Labute approximate surface area is 160 Å². The summed E-state index contributed by atoms with van der Waals surface area (Å²) < 4.78 is 10.5. The number of nitrogens with zero attached hydrogens (tertiary/aromatic N) is 1. The maximum Gasteiger partial charge on any atom is 0.339 e. The zero-order valence-electron chi connectivity index (χ0n) is 16.3. The molecule has 0 N–H and O–H groups in total. The molecule has 1 unspecified atom stereocenters. The molecule has 0 spiro atoms. The van der Waals surface area contributed by atoms with Crippen molar-refractivity contribution < 1.29 is 23.8 Å². The molecule has 28 heavy (non-hydrogen) atoms. The molecule has 0 bridgehead atoms. The predicted octanol–water partition coefficient (Wildman–Crippen LogP) is 2.28. The van der Waals surface area contributed by atoms with Gasteiger partial charge in [-0.25, -0.2) is 9.78 Å². The zero-order chi connectivity index (χ0) is 20.8. The minimum absolute atomic E-state index is 0.0447. The maximum absolute atomic E-state index is 13.1. The fourth-order valence-corrected chi connectivity index (χ4v) is 2.98. The molecule has 3 rings (SSSR count). The summed E-state index contributed by atoms with van der Waals surface area (Å²) in [6, 6.07) is 6.59. The van der Waals surface area contributed by atoms with Crippen LogP contribution in [-0.2, 0) is 14.9 Å². The van der Waals surface area contributed by atoms with E-state index >= 15 is 0 Å². The second-order valence-electron chi connectivity index (χ2n) is 7.70. The molecule has 0 saturated carbocycles. The van der Waals surface area contributed by atoms with Crippen LogP contribution in [0.2, 0.25) is 0 Å². The fraction of sp³-hybridized carbons (Fsp3) is 0.333. The Morgan fingerprint density at radius 1 is 1.18 bits per heavy atom. The molecule has 0 aliphatic carbocycles. The first-order valence-electron chi connectivity index (χ1n) is 8.75. The van der Waals surface area contributed by atoms with Gasteiger partial charge in [-0.3, -0.25) is 4.79 Å². The van der Waals surface area contributed by atoms with Gasteiger partial charge >= 0.3 is 5.97 Å². The Bertz CT molecular complexity index is 1170. The Balaban J connectivity index is 2.39. The molecule has 0 fully saturated rings. The van der Waals surface area contributed by atoms with Crippen molar-refractivity contribution in [2.24, 2.45) is 0 Å². The molecule has 0 aliphatic rings. The lowest BCUT2D eigenvalue weighted by Gasteiger charge is -2.19. The second kappa shape index (κ2) is 6.74. The molecule has 3 aromatic rings. The molecule has 7 nitrogen and oxygen atoms in total. The third kappa shape index (κ3) is 3.24. The molecular weight excluding hydrogens is 362 g/mol. The maximum atomic E-state index is 13.1. The number of carbonyl (C=O) groups is 2. The van der Waals surface area contributed by atoms with Gasteiger partial charge in [0.2, 0.25) is 11.1 Å². The Kier molecular flexibility index (Phi) is 4.71. The zero-order valence-corrected chi connectivity index (χ0v) is 16.3.